The number of amides is 1. The van der Waals surface area contributed by atoms with E-state index in [1.807, 2.05) is 26.0 Å². The summed E-state index contributed by atoms with van der Waals surface area (Å²) >= 11 is 0. The van der Waals surface area contributed by atoms with E-state index < -0.39 is 5.54 Å². The molecule has 3 nitrogen and oxygen atoms in total. The summed E-state index contributed by atoms with van der Waals surface area (Å²) in [7, 11) is 0. The van der Waals surface area contributed by atoms with E-state index >= 15 is 0 Å². The zero-order valence-corrected chi connectivity index (χ0v) is 9.86. The first-order chi connectivity index (χ1) is 7.53. The quantitative estimate of drug-likeness (QED) is 0.821. The maximum absolute atomic E-state index is 11.5. The van der Waals surface area contributed by atoms with Crippen LogP contribution in [0.2, 0.25) is 0 Å². The minimum absolute atomic E-state index is 0.274. The van der Waals surface area contributed by atoms with E-state index in [1.165, 1.54) is 5.56 Å². The summed E-state index contributed by atoms with van der Waals surface area (Å²) in [6, 6.07) is 8.24. The minimum atomic E-state index is -0.615. The molecular weight excluding hydrogens is 200 g/mol. The van der Waals surface area contributed by atoms with Crippen molar-refractivity contribution in [1.82, 2.24) is 0 Å². The van der Waals surface area contributed by atoms with Gasteiger partial charge in [0.05, 0.1) is 0 Å². The van der Waals surface area contributed by atoms with Gasteiger partial charge in [-0.05, 0) is 38.3 Å². The van der Waals surface area contributed by atoms with Gasteiger partial charge in [0.2, 0.25) is 5.91 Å². The topological polar surface area (TPSA) is 46.3 Å². The molecule has 86 valence electrons. The lowest BCUT2D eigenvalue weighted by Crippen LogP contribution is -2.55. The van der Waals surface area contributed by atoms with E-state index in [2.05, 4.69) is 17.0 Å². The number of hydrogen-bond acceptors (Lipinski definition) is 2. The van der Waals surface area contributed by atoms with Crippen LogP contribution < -0.4 is 10.6 Å². The molecule has 2 N–H and O–H groups in total. The molecule has 1 aliphatic rings. The molecule has 0 aliphatic carbocycles. The van der Waals surface area contributed by atoms with Crippen molar-refractivity contribution in [2.45, 2.75) is 32.2 Å². The van der Waals surface area contributed by atoms with Crippen molar-refractivity contribution >= 4 is 11.6 Å². The van der Waals surface area contributed by atoms with E-state index in [0.717, 1.165) is 25.1 Å². The molecule has 1 heterocycles. The van der Waals surface area contributed by atoms with Gasteiger partial charge >= 0.3 is 0 Å². The Kier molecular flexibility index (Phi) is 2.62. The first-order valence-corrected chi connectivity index (χ1v) is 5.69. The molecule has 1 aliphatic heterocycles. The Balaban J connectivity index is 2.42. The van der Waals surface area contributed by atoms with Crippen LogP contribution in [0.4, 0.5) is 5.69 Å². The molecular formula is C13H18N2O. The molecule has 1 aromatic carbocycles. The summed E-state index contributed by atoms with van der Waals surface area (Å²) < 4.78 is 0. The number of carbonyl (C=O) groups is 1. The minimum Gasteiger partial charge on any atom is -0.368 e. The number of fused-ring (bicyclic) bond motifs is 1. The standard InChI is InChI=1S/C13H18N2O/c1-13(2,12(14)16)15-9-5-7-10-6-3-4-8-11(10)15/h3-4,6,8H,5,7,9H2,1-2H3,(H2,14,16). The molecule has 2 rings (SSSR count). The van der Waals surface area contributed by atoms with Crippen molar-refractivity contribution in [3.63, 3.8) is 0 Å². The lowest BCUT2D eigenvalue weighted by atomic mass is 9.94. The summed E-state index contributed by atoms with van der Waals surface area (Å²) in [5.41, 5.74) is 7.32. The molecule has 1 aromatic rings. The zero-order chi connectivity index (χ0) is 11.8. The number of benzene rings is 1. The van der Waals surface area contributed by atoms with Gasteiger partial charge in [-0.1, -0.05) is 18.2 Å². The predicted molar refractivity (Wildman–Crippen MR) is 65.4 cm³/mol. The SMILES string of the molecule is CC(C)(C(N)=O)N1CCCc2ccccc21. The van der Waals surface area contributed by atoms with Crippen molar-refractivity contribution in [2.75, 3.05) is 11.4 Å². The smallest absolute Gasteiger partial charge is 0.242 e. The van der Waals surface area contributed by atoms with E-state index in [0.29, 0.717) is 0 Å². The molecule has 0 fully saturated rings. The average Bonchev–Trinajstić information content (AvgIpc) is 2.28. The largest absolute Gasteiger partial charge is 0.368 e. The van der Waals surface area contributed by atoms with Crippen LogP contribution in [0, 0.1) is 0 Å². The summed E-state index contributed by atoms with van der Waals surface area (Å²) in [5, 5.41) is 0. The highest BCUT2D eigenvalue weighted by molar-refractivity contribution is 5.88. The van der Waals surface area contributed by atoms with Crippen LogP contribution in [0.3, 0.4) is 0 Å². The molecule has 1 amide bonds. The number of rotatable bonds is 2. The Bertz CT molecular complexity index is 412. The van der Waals surface area contributed by atoms with Gasteiger partial charge in [0, 0.05) is 12.2 Å². The predicted octanol–water partition coefficient (Wildman–Crippen LogP) is 1.70. The van der Waals surface area contributed by atoms with Gasteiger partial charge in [0.15, 0.2) is 0 Å². The van der Waals surface area contributed by atoms with E-state index in [4.69, 9.17) is 5.73 Å². The number of carbonyl (C=O) groups excluding carboxylic acids is 1. The fourth-order valence-corrected chi connectivity index (χ4v) is 2.25. The Hall–Kier alpha value is -1.51. The van der Waals surface area contributed by atoms with E-state index in [-0.39, 0.29) is 5.91 Å². The lowest BCUT2D eigenvalue weighted by Gasteiger charge is -2.41. The summed E-state index contributed by atoms with van der Waals surface area (Å²) in [4.78, 5) is 13.6. The fraction of sp³-hybridized carbons (Fsp3) is 0.462. The van der Waals surface area contributed by atoms with Crippen molar-refractivity contribution in [3.8, 4) is 0 Å². The van der Waals surface area contributed by atoms with Crippen LogP contribution >= 0.6 is 0 Å². The summed E-state index contributed by atoms with van der Waals surface area (Å²) in [5.74, 6) is -0.274. The second kappa shape index (κ2) is 3.81. The van der Waals surface area contributed by atoms with Gasteiger partial charge in [-0.25, -0.2) is 0 Å². The number of aryl methyl sites for hydroxylation is 1. The Morgan fingerprint density at radius 1 is 1.38 bits per heavy atom. The van der Waals surface area contributed by atoms with Crippen molar-refractivity contribution in [2.24, 2.45) is 5.73 Å². The second-order valence-corrected chi connectivity index (χ2v) is 4.81. The molecule has 16 heavy (non-hydrogen) atoms. The maximum atomic E-state index is 11.5. The van der Waals surface area contributed by atoms with Crippen molar-refractivity contribution in [3.05, 3.63) is 29.8 Å². The Morgan fingerprint density at radius 3 is 2.75 bits per heavy atom. The van der Waals surface area contributed by atoms with Crippen LogP contribution in [-0.2, 0) is 11.2 Å². The molecule has 0 unspecified atom stereocenters. The number of nitrogens with two attached hydrogens (primary N) is 1. The highest BCUT2D eigenvalue weighted by Crippen LogP contribution is 2.32. The third kappa shape index (κ3) is 1.66. The highest BCUT2D eigenvalue weighted by Gasteiger charge is 2.34. The zero-order valence-electron chi connectivity index (χ0n) is 9.86. The number of nitrogens with zero attached hydrogens (tertiary/aromatic N) is 1. The monoisotopic (exact) mass is 218 g/mol. The van der Waals surface area contributed by atoms with Crippen LogP contribution in [0.1, 0.15) is 25.8 Å². The number of primary amides is 1. The Labute approximate surface area is 96.2 Å². The normalized spacial score (nSPS) is 15.8. The molecule has 0 saturated heterocycles. The van der Waals surface area contributed by atoms with E-state index in [1.54, 1.807) is 0 Å². The molecule has 0 radical (unpaired) electrons. The number of hydrogen-bond donors (Lipinski definition) is 1. The Morgan fingerprint density at radius 2 is 2.06 bits per heavy atom. The van der Waals surface area contributed by atoms with Crippen LogP contribution in [0.25, 0.3) is 0 Å². The van der Waals surface area contributed by atoms with Crippen LogP contribution in [0.15, 0.2) is 24.3 Å². The average molecular weight is 218 g/mol. The first kappa shape index (κ1) is 11.0. The summed E-state index contributed by atoms with van der Waals surface area (Å²) in [6.07, 6.45) is 2.16. The molecule has 3 heteroatoms. The molecule has 0 atom stereocenters. The second-order valence-electron chi connectivity index (χ2n) is 4.81. The van der Waals surface area contributed by atoms with Gasteiger partial charge in [0.25, 0.3) is 0 Å². The number of anilines is 1. The van der Waals surface area contributed by atoms with Gasteiger partial charge in [-0.2, -0.15) is 0 Å². The fourth-order valence-electron chi connectivity index (χ4n) is 2.25. The highest BCUT2D eigenvalue weighted by atomic mass is 16.1. The van der Waals surface area contributed by atoms with Crippen LogP contribution in [-0.4, -0.2) is 18.0 Å². The molecule has 0 saturated carbocycles. The molecule has 0 bridgehead atoms. The van der Waals surface area contributed by atoms with E-state index in [9.17, 15) is 4.79 Å². The summed E-state index contributed by atoms with van der Waals surface area (Å²) in [6.45, 7) is 4.67. The number of para-hydroxylation sites is 1. The lowest BCUT2D eigenvalue weighted by molar-refractivity contribution is -0.122. The van der Waals surface area contributed by atoms with Crippen molar-refractivity contribution in [1.29, 1.82) is 0 Å². The van der Waals surface area contributed by atoms with Crippen molar-refractivity contribution < 1.29 is 4.79 Å². The first-order valence-electron chi connectivity index (χ1n) is 5.69. The molecule has 0 spiro atoms. The van der Waals surface area contributed by atoms with Gasteiger partial charge in [0.1, 0.15) is 5.54 Å². The van der Waals surface area contributed by atoms with Gasteiger partial charge in [-0.15, -0.1) is 0 Å². The third-order valence-electron chi connectivity index (χ3n) is 3.39. The third-order valence-corrected chi connectivity index (χ3v) is 3.39. The maximum Gasteiger partial charge on any atom is 0.242 e. The van der Waals surface area contributed by atoms with Gasteiger partial charge < -0.3 is 10.6 Å². The van der Waals surface area contributed by atoms with Crippen LogP contribution in [0.5, 0.6) is 0 Å². The molecule has 0 aromatic heterocycles. The van der Waals surface area contributed by atoms with Gasteiger partial charge in [-0.3, -0.25) is 4.79 Å².